The molecule has 18 heavy (non-hydrogen) atoms. The van der Waals surface area contributed by atoms with E-state index in [1.54, 1.807) is 18.3 Å². The molecule has 0 aliphatic carbocycles. The molecular formula is C14H14FN3. The van der Waals surface area contributed by atoms with E-state index in [0.717, 1.165) is 5.82 Å². The zero-order valence-electron chi connectivity index (χ0n) is 10.2. The summed E-state index contributed by atoms with van der Waals surface area (Å²) in [5, 5.41) is 0. The molecule has 0 amide bonds. The summed E-state index contributed by atoms with van der Waals surface area (Å²) in [6.07, 6.45) is 3.53. The van der Waals surface area contributed by atoms with Crippen molar-refractivity contribution in [1.82, 2.24) is 9.55 Å². The Balaban J connectivity index is 2.23. The zero-order valence-corrected chi connectivity index (χ0v) is 10.2. The van der Waals surface area contributed by atoms with Crippen LogP contribution in [0.25, 0.3) is 0 Å². The highest BCUT2D eigenvalue weighted by molar-refractivity contribution is 5.37. The first-order chi connectivity index (χ1) is 8.70. The summed E-state index contributed by atoms with van der Waals surface area (Å²) in [5.41, 5.74) is 6.54. The molecule has 0 aliphatic rings. The van der Waals surface area contributed by atoms with Crippen molar-refractivity contribution in [3.8, 4) is 11.8 Å². The van der Waals surface area contributed by atoms with Crippen molar-refractivity contribution in [3.63, 3.8) is 0 Å². The molecular weight excluding hydrogens is 229 g/mol. The molecule has 2 rings (SSSR count). The van der Waals surface area contributed by atoms with Crippen LogP contribution >= 0.6 is 0 Å². The maximum absolute atomic E-state index is 13.9. The van der Waals surface area contributed by atoms with Crippen LogP contribution in [0.1, 0.15) is 17.0 Å². The Labute approximate surface area is 105 Å². The molecule has 0 fully saturated rings. The molecule has 2 N–H and O–H groups in total. The van der Waals surface area contributed by atoms with Crippen molar-refractivity contribution in [1.29, 1.82) is 0 Å². The van der Waals surface area contributed by atoms with Crippen LogP contribution < -0.4 is 5.73 Å². The molecule has 0 radical (unpaired) electrons. The van der Waals surface area contributed by atoms with Crippen molar-refractivity contribution in [2.45, 2.75) is 13.5 Å². The molecule has 0 atom stereocenters. The Kier molecular flexibility index (Phi) is 3.75. The Morgan fingerprint density at radius 3 is 2.89 bits per heavy atom. The van der Waals surface area contributed by atoms with E-state index in [0.29, 0.717) is 17.7 Å². The van der Waals surface area contributed by atoms with Gasteiger partial charge in [0.15, 0.2) is 0 Å². The number of halogens is 1. The third-order valence-electron chi connectivity index (χ3n) is 2.65. The average molecular weight is 243 g/mol. The molecule has 0 bridgehead atoms. The quantitative estimate of drug-likeness (QED) is 0.816. The monoisotopic (exact) mass is 243 g/mol. The van der Waals surface area contributed by atoms with Gasteiger partial charge in [0.05, 0.1) is 13.1 Å². The fourth-order valence-electron chi connectivity index (χ4n) is 1.66. The van der Waals surface area contributed by atoms with Gasteiger partial charge in [-0.2, -0.15) is 0 Å². The topological polar surface area (TPSA) is 43.8 Å². The van der Waals surface area contributed by atoms with Gasteiger partial charge < -0.3 is 10.3 Å². The minimum Gasteiger partial charge on any atom is -0.331 e. The number of imidazole rings is 1. The molecule has 0 aliphatic heterocycles. The lowest BCUT2D eigenvalue weighted by molar-refractivity contribution is 0.596. The van der Waals surface area contributed by atoms with Crippen molar-refractivity contribution in [3.05, 3.63) is 53.4 Å². The van der Waals surface area contributed by atoms with Gasteiger partial charge >= 0.3 is 0 Å². The number of nitrogens with two attached hydrogens (primary N) is 1. The minimum atomic E-state index is -0.257. The second-order valence-electron chi connectivity index (χ2n) is 3.91. The van der Waals surface area contributed by atoms with Crippen LogP contribution in [-0.4, -0.2) is 16.1 Å². The summed E-state index contributed by atoms with van der Waals surface area (Å²) in [6.45, 7) is 2.64. The smallest absolute Gasteiger partial charge is 0.129 e. The molecule has 0 unspecified atom stereocenters. The van der Waals surface area contributed by atoms with Crippen LogP contribution in [0.2, 0.25) is 0 Å². The molecule has 0 saturated carbocycles. The summed E-state index contributed by atoms with van der Waals surface area (Å²) >= 11 is 0. The van der Waals surface area contributed by atoms with E-state index < -0.39 is 0 Å². The van der Waals surface area contributed by atoms with Gasteiger partial charge in [0.2, 0.25) is 0 Å². The predicted molar refractivity (Wildman–Crippen MR) is 68.4 cm³/mol. The largest absolute Gasteiger partial charge is 0.331 e. The van der Waals surface area contributed by atoms with E-state index >= 15 is 0 Å². The summed E-state index contributed by atoms with van der Waals surface area (Å²) in [4.78, 5) is 4.10. The van der Waals surface area contributed by atoms with Gasteiger partial charge in [-0.15, -0.1) is 0 Å². The summed E-state index contributed by atoms with van der Waals surface area (Å²) < 4.78 is 15.8. The first kappa shape index (κ1) is 12.3. The molecule has 1 heterocycles. The first-order valence-corrected chi connectivity index (χ1v) is 5.66. The third kappa shape index (κ3) is 2.76. The summed E-state index contributed by atoms with van der Waals surface area (Å²) in [5.74, 6) is 6.12. The highest BCUT2D eigenvalue weighted by Gasteiger charge is 2.05. The van der Waals surface area contributed by atoms with Crippen LogP contribution in [0.15, 0.2) is 30.6 Å². The van der Waals surface area contributed by atoms with Crippen LogP contribution in [-0.2, 0) is 6.54 Å². The average Bonchev–Trinajstić information content (AvgIpc) is 2.75. The molecule has 92 valence electrons. The normalized spacial score (nSPS) is 9.94. The third-order valence-corrected chi connectivity index (χ3v) is 2.65. The lowest BCUT2D eigenvalue weighted by Gasteiger charge is -2.06. The predicted octanol–water partition coefficient (Wildman–Crippen LogP) is 1.69. The molecule has 1 aromatic carbocycles. The first-order valence-electron chi connectivity index (χ1n) is 5.66. The highest BCUT2D eigenvalue weighted by Crippen LogP contribution is 2.12. The summed E-state index contributed by atoms with van der Waals surface area (Å²) in [7, 11) is 0. The number of benzene rings is 1. The van der Waals surface area contributed by atoms with E-state index in [4.69, 9.17) is 5.73 Å². The lowest BCUT2D eigenvalue weighted by atomic mass is 10.1. The van der Waals surface area contributed by atoms with Crippen molar-refractivity contribution < 1.29 is 4.39 Å². The second-order valence-corrected chi connectivity index (χ2v) is 3.91. The van der Waals surface area contributed by atoms with Gasteiger partial charge in [-0.05, 0) is 19.1 Å². The Bertz CT molecular complexity index is 605. The molecule has 3 nitrogen and oxygen atoms in total. The Morgan fingerprint density at radius 2 is 2.28 bits per heavy atom. The summed E-state index contributed by atoms with van der Waals surface area (Å²) in [6, 6.07) is 4.98. The van der Waals surface area contributed by atoms with Crippen molar-refractivity contribution in [2.24, 2.45) is 5.73 Å². The standard InChI is InChI=1S/C14H14FN3/c1-11-17-7-8-18(11)10-13-5-4-12(3-2-6-16)9-14(13)15/h4-5,7-9H,6,10,16H2,1H3. The van der Waals surface area contributed by atoms with Crippen LogP contribution in [0.5, 0.6) is 0 Å². The van der Waals surface area contributed by atoms with Crippen molar-refractivity contribution in [2.75, 3.05) is 6.54 Å². The van der Waals surface area contributed by atoms with Crippen LogP contribution in [0.4, 0.5) is 4.39 Å². The zero-order chi connectivity index (χ0) is 13.0. The van der Waals surface area contributed by atoms with Gasteiger partial charge in [0.1, 0.15) is 11.6 Å². The second kappa shape index (κ2) is 5.48. The maximum atomic E-state index is 13.9. The van der Waals surface area contributed by atoms with E-state index in [-0.39, 0.29) is 12.4 Å². The lowest BCUT2D eigenvalue weighted by Crippen LogP contribution is -2.03. The highest BCUT2D eigenvalue weighted by atomic mass is 19.1. The number of aromatic nitrogens is 2. The number of hydrogen-bond donors (Lipinski definition) is 1. The van der Waals surface area contributed by atoms with Crippen LogP contribution in [0.3, 0.4) is 0 Å². The molecule has 4 heteroatoms. The molecule has 0 saturated heterocycles. The fourth-order valence-corrected chi connectivity index (χ4v) is 1.66. The number of nitrogens with zero attached hydrogens (tertiary/aromatic N) is 2. The van der Waals surface area contributed by atoms with Gasteiger partial charge in [-0.1, -0.05) is 17.9 Å². The molecule has 1 aromatic heterocycles. The van der Waals surface area contributed by atoms with Gasteiger partial charge in [0, 0.05) is 23.5 Å². The number of aryl methyl sites for hydroxylation is 1. The van der Waals surface area contributed by atoms with Gasteiger partial charge in [-0.25, -0.2) is 9.37 Å². The van der Waals surface area contributed by atoms with Gasteiger partial charge in [0.25, 0.3) is 0 Å². The Hall–Kier alpha value is -2.12. The van der Waals surface area contributed by atoms with E-state index in [1.807, 2.05) is 17.7 Å². The SMILES string of the molecule is Cc1nccn1Cc1ccc(C#CCN)cc1F. The number of hydrogen-bond acceptors (Lipinski definition) is 2. The van der Waals surface area contributed by atoms with E-state index in [9.17, 15) is 4.39 Å². The van der Waals surface area contributed by atoms with Crippen molar-refractivity contribution >= 4 is 0 Å². The molecule has 2 aromatic rings. The van der Waals surface area contributed by atoms with Gasteiger partial charge in [-0.3, -0.25) is 0 Å². The number of rotatable bonds is 2. The minimum absolute atomic E-state index is 0.257. The van der Waals surface area contributed by atoms with E-state index in [1.165, 1.54) is 6.07 Å². The molecule has 0 spiro atoms. The fraction of sp³-hybridized carbons (Fsp3) is 0.214. The van der Waals surface area contributed by atoms with Crippen LogP contribution in [0, 0.1) is 24.6 Å². The maximum Gasteiger partial charge on any atom is 0.129 e. The van der Waals surface area contributed by atoms with E-state index in [2.05, 4.69) is 16.8 Å². The Morgan fingerprint density at radius 1 is 1.44 bits per heavy atom.